The van der Waals surface area contributed by atoms with E-state index in [0.717, 1.165) is 50.1 Å². The van der Waals surface area contributed by atoms with E-state index in [1.165, 1.54) is 31.2 Å². The highest BCUT2D eigenvalue weighted by Crippen LogP contribution is 2.32. The van der Waals surface area contributed by atoms with Crippen molar-refractivity contribution < 1.29 is 0 Å². The number of aryl methyl sites for hydroxylation is 2. The topological polar surface area (TPSA) is 79.2 Å². The quantitative estimate of drug-likeness (QED) is 0.278. The van der Waals surface area contributed by atoms with Gasteiger partial charge in [-0.05, 0) is 45.6 Å². The first-order valence-corrected chi connectivity index (χ1v) is 11.8. The number of hydrogen-bond acceptors (Lipinski definition) is 4. The molecular formula is C24H38IN7. The maximum Gasteiger partial charge on any atom is 0.191 e. The molecule has 3 N–H and O–H groups in total. The number of nitrogens with zero attached hydrogens (tertiary/aromatic N) is 4. The zero-order valence-electron chi connectivity index (χ0n) is 19.6. The van der Waals surface area contributed by atoms with Crippen LogP contribution in [0.2, 0.25) is 0 Å². The Morgan fingerprint density at radius 2 is 2.00 bits per heavy atom. The van der Waals surface area contributed by atoms with Crippen LogP contribution in [0.5, 0.6) is 0 Å². The average Bonchev–Trinajstić information content (AvgIpc) is 3.38. The lowest BCUT2D eigenvalue weighted by Crippen LogP contribution is -2.50. The molecule has 0 bridgehead atoms. The Bertz CT molecular complexity index is 874. The molecule has 0 saturated heterocycles. The van der Waals surface area contributed by atoms with Crippen LogP contribution in [-0.2, 0) is 13.0 Å². The maximum atomic E-state index is 5.06. The Labute approximate surface area is 209 Å². The molecule has 176 valence electrons. The zero-order chi connectivity index (χ0) is 21.7. The van der Waals surface area contributed by atoms with Crippen LogP contribution in [0.25, 0.3) is 0 Å². The van der Waals surface area contributed by atoms with E-state index in [1.807, 2.05) is 11.6 Å². The number of aromatic nitrogens is 3. The minimum Gasteiger partial charge on any atom is -0.357 e. The first-order chi connectivity index (χ1) is 15.1. The molecule has 7 nitrogen and oxygen atoms in total. The monoisotopic (exact) mass is 551 g/mol. The summed E-state index contributed by atoms with van der Waals surface area (Å²) in [5, 5.41) is 15.6. The molecular weight excluding hydrogens is 513 g/mol. The van der Waals surface area contributed by atoms with E-state index in [9.17, 15) is 0 Å². The van der Waals surface area contributed by atoms with Gasteiger partial charge in [-0.25, -0.2) is 9.67 Å². The summed E-state index contributed by atoms with van der Waals surface area (Å²) in [6.07, 6.45) is 6.90. The molecule has 1 aromatic carbocycles. The number of hydrogen-bond donors (Lipinski definition) is 3. The summed E-state index contributed by atoms with van der Waals surface area (Å²) in [4.78, 5) is 9.58. The van der Waals surface area contributed by atoms with Crippen LogP contribution in [0, 0.1) is 6.92 Å². The largest absolute Gasteiger partial charge is 0.357 e. The summed E-state index contributed by atoms with van der Waals surface area (Å²) in [5.41, 5.74) is 1.41. The summed E-state index contributed by atoms with van der Waals surface area (Å²) >= 11 is 0. The van der Waals surface area contributed by atoms with Crippen molar-refractivity contribution in [2.24, 2.45) is 4.99 Å². The summed E-state index contributed by atoms with van der Waals surface area (Å²) in [6.45, 7) is 8.84. The van der Waals surface area contributed by atoms with Gasteiger partial charge in [-0.3, -0.25) is 4.99 Å². The van der Waals surface area contributed by atoms with Gasteiger partial charge in [0.05, 0.1) is 13.1 Å². The van der Waals surface area contributed by atoms with Gasteiger partial charge in [0, 0.05) is 30.6 Å². The Morgan fingerprint density at radius 1 is 1.25 bits per heavy atom. The van der Waals surface area contributed by atoms with Crippen molar-refractivity contribution in [1.82, 2.24) is 30.7 Å². The third kappa shape index (κ3) is 6.21. The highest BCUT2D eigenvalue weighted by molar-refractivity contribution is 14.0. The van der Waals surface area contributed by atoms with Gasteiger partial charge < -0.3 is 16.0 Å². The molecule has 2 heterocycles. The molecule has 1 aromatic heterocycles. The van der Waals surface area contributed by atoms with Gasteiger partial charge in [0.15, 0.2) is 5.96 Å². The van der Waals surface area contributed by atoms with Crippen LogP contribution in [0.4, 0.5) is 0 Å². The van der Waals surface area contributed by atoms with Gasteiger partial charge in [0.25, 0.3) is 0 Å². The molecule has 2 aliphatic rings. The second-order valence-corrected chi connectivity index (χ2v) is 9.10. The third-order valence-corrected chi connectivity index (χ3v) is 6.57. The summed E-state index contributed by atoms with van der Waals surface area (Å²) in [5.74, 6) is 2.87. The Balaban J connectivity index is 0.00000289. The molecule has 1 aliphatic carbocycles. The Kier molecular flexibility index (Phi) is 8.93. The van der Waals surface area contributed by atoms with Crippen molar-refractivity contribution in [3.05, 3.63) is 47.5 Å². The number of benzene rings is 1. The number of halogens is 1. The highest BCUT2D eigenvalue weighted by Gasteiger charge is 2.35. The Hall–Kier alpha value is -1.68. The van der Waals surface area contributed by atoms with E-state index in [4.69, 9.17) is 4.99 Å². The zero-order valence-corrected chi connectivity index (χ0v) is 21.9. The summed E-state index contributed by atoms with van der Waals surface area (Å²) in [7, 11) is 0. The van der Waals surface area contributed by atoms with E-state index in [1.54, 1.807) is 0 Å². The molecule has 4 rings (SSSR count). The van der Waals surface area contributed by atoms with Crippen molar-refractivity contribution in [2.75, 3.05) is 13.1 Å². The minimum atomic E-state index is 0. The molecule has 1 fully saturated rings. The van der Waals surface area contributed by atoms with Crippen molar-refractivity contribution in [3.8, 4) is 0 Å². The SMILES string of the molecule is CCNC(=NCC1(NC(C)c2ccccc2)CCCC1)NC1CCc2nc(C)nn2C1.I. The molecule has 0 spiro atoms. The fourth-order valence-corrected chi connectivity index (χ4v) is 4.98. The first-order valence-electron chi connectivity index (χ1n) is 11.8. The van der Waals surface area contributed by atoms with E-state index in [2.05, 4.69) is 70.2 Å². The lowest BCUT2D eigenvalue weighted by molar-refractivity contribution is 0.307. The molecule has 2 atom stereocenters. The molecule has 1 aliphatic heterocycles. The molecule has 32 heavy (non-hydrogen) atoms. The second kappa shape index (κ2) is 11.4. The van der Waals surface area contributed by atoms with Crippen molar-refractivity contribution in [1.29, 1.82) is 0 Å². The van der Waals surface area contributed by atoms with Gasteiger partial charge in [0.2, 0.25) is 0 Å². The number of rotatable bonds is 7. The minimum absolute atomic E-state index is 0. The van der Waals surface area contributed by atoms with Gasteiger partial charge in [0.1, 0.15) is 11.6 Å². The third-order valence-electron chi connectivity index (χ3n) is 6.57. The van der Waals surface area contributed by atoms with Crippen LogP contribution >= 0.6 is 24.0 Å². The van der Waals surface area contributed by atoms with Gasteiger partial charge in [-0.15, -0.1) is 24.0 Å². The summed E-state index contributed by atoms with van der Waals surface area (Å²) in [6, 6.07) is 11.4. The average molecular weight is 552 g/mol. The standard InChI is InChI=1S/C24H37N7.HI/c1-4-25-23(28-21-12-13-22-27-19(3)30-31(22)16-21)26-17-24(14-8-9-15-24)29-18(2)20-10-6-5-7-11-20;/h5-7,10-11,18,21,29H,4,8-9,12-17H2,1-3H3,(H2,25,26,28);1H. The lowest BCUT2D eigenvalue weighted by atomic mass is 9.95. The van der Waals surface area contributed by atoms with Crippen molar-refractivity contribution >= 4 is 29.9 Å². The smallest absolute Gasteiger partial charge is 0.191 e. The molecule has 8 heteroatoms. The lowest BCUT2D eigenvalue weighted by Gasteiger charge is -2.33. The first kappa shape index (κ1) is 25.0. The predicted octanol–water partition coefficient (Wildman–Crippen LogP) is 3.74. The van der Waals surface area contributed by atoms with Gasteiger partial charge >= 0.3 is 0 Å². The number of fused-ring (bicyclic) bond motifs is 1. The van der Waals surface area contributed by atoms with Crippen LogP contribution in [0.1, 0.15) is 69.2 Å². The molecule has 0 radical (unpaired) electrons. The van der Waals surface area contributed by atoms with Crippen LogP contribution in [0.3, 0.4) is 0 Å². The van der Waals surface area contributed by atoms with Gasteiger partial charge in [-0.1, -0.05) is 43.2 Å². The molecule has 1 saturated carbocycles. The maximum absolute atomic E-state index is 5.06. The normalized spacial score (nSPS) is 20.8. The van der Waals surface area contributed by atoms with Crippen LogP contribution in [-0.4, -0.2) is 45.4 Å². The van der Waals surface area contributed by atoms with E-state index >= 15 is 0 Å². The molecule has 0 amide bonds. The van der Waals surface area contributed by atoms with Crippen molar-refractivity contribution in [2.45, 2.75) is 83.5 Å². The predicted molar refractivity (Wildman–Crippen MR) is 141 cm³/mol. The molecule has 2 unspecified atom stereocenters. The van der Waals surface area contributed by atoms with E-state index in [-0.39, 0.29) is 29.5 Å². The number of guanidine groups is 1. The second-order valence-electron chi connectivity index (χ2n) is 9.10. The fraction of sp³-hybridized carbons (Fsp3) is 0.625. The van der Waals surface area contributed by atoms with E-state index in [0.29, 0.717) is 12.1 Å². The number of nitrogens with one attached hydrogen (secondary N) is 3. The fourth-order valence-electron chi connectivity index (χ4n) is 4.98. The van der Waals surface area contributed by atoms with Crippen molar-refractivity contribution in [3.63, 3.8) is 0 Å². The van der Waals surface area contributed by atoms with Crippen LogP contribution < -0.4 is 16.0 Å². The van der Waals surface area contributed by atoms with Gasteiger partial charge in [-0.2, -0.15) is 5.10 Å². The van der Waals surface area contributed by atoms with E-state index < -0.39 is 0 Å². The Morgan fingerprint density at radius 3 is 2.72 bits per heavy atom. The van der Waals surface area contributed by atoms with Crippen LogP contribution in [0.15, 0.2) is 35.3 Å². The highest BCUT2D eigenvalue weighted by atomic mass is 127. The summed E-state index contributed by atoms with van der Waals surface area (Å²) < 4.78 is 2.04. The molecule has 2 aromatic rings. The number of aliphatic imine (C=N–C) groups is 1.